The zero-order valence-corrected chi connectivity index (χ0v) is 36.6. The Morgan fingerprint density at radius 3 is 1.45 bits per heavy atom. The average molecular weight is 774 g/mol. The molecule has 0 rings (SSSR count). The van der Waals surface area contributed by atoms with Gasteiger partial charge in [-0.3, -0.25) is 9.59 Å². The van der Waals surface area contributed by atoms with Crippen LogP contribution in [0, 0.1) is 0 Å². The first-order chi connectivity index (χ1) is 27.0. The van der Waals surface area contributed by atoms with Crippen molar-refractivity contribution in [1.82, 2.24) is 5.32 Å². The van der Waals surface area contributed by atoms with Crippen LogP contribution in [0.4, 0.5) is 0 Å². The van der Waals surface area contributed by atoms with E-state index >= 15 is 0 Å². The molecule has 0 saturated carbocycles. The van der Waals surface area contributed by atoms with Crippen molar-refractivity contribution in [3.8, 4) is 0 Å². The number of aliphatic hydroxyl groups excluding tert-OH is 2. The van der Waals surface area contributed by atoms with Crippen LogP contribution in [0.3, 0.4) is 0 Å². The van der Waals surface area contributed by atoms with Crippen LogP contribution < -0.4 is 5.32 Å². The van der Waals surface area contributed by atoms with Gasteiger partial charge in [-0.05, 0) is 77.0 Å². The van der Waals surface area contributed by atoms with Crippen LogP contribution in [0.5, 0.6) is 0 Å². The van der Waals surface area contributed by atoms with Crippen molar-refractivity contribution < 1.29 is 24.5 Å². The molecule has 3 N–H and O–H groups in total. The molecular formula is C49H91NO5. The maximum absolute atomic E-state index is 13.1. The van der Waals surface area contributed by atoms with Gasteiger partial charge in [0.1, 0.15) is 6.10 Å². The monoisotopic (exact) mass is 774 g/mol. The lowest BCUT2D eigenvalue weighted by atomic mass is 10.0. The fourth-order valence-corrected chi connectivity index (χ4v) is 7.06. The summed E-state index contributed by atoms with van der Waals surface area (Å²) in [7, 11) is 0. The first-order valence-corrected chi connectivity index (χ1v) is 23.7. The molecule has 0 radical (unpaired) electrons. The van der Waals surface area contributed by atoms with Gasteiger partial charge in [0, 0.05) is 6.42 Å². The van der Waals surface area contributed by atoms with Crippen LogP contribution in [0.25, 0.3) is 0 Å². The molecule has 0 spiro atoms. The number of aliphatic hydroxyl groups is 2. The van der Waals surface area contributed by atoms with E-state index < -0.39 is 18.2 Å². The highest BCUT2D eigenvalue weighted by atomic mass is 16.5. The van der Waals surface area contributed by atoms with Crippen LogP contribution in [0.2, 0.25) is 0 Å². The molecular weight excluding hydrogens is 683 g/mol. The minimum Gasteiger partial charge on any atom is -0.462 e. The Morgan fingerprint density at radius 2 is 0.927 bits per heavy atom. The molecule has 0 bridgehead atoms. The van der Waals surface area contributed by atoms with Gasteiger partial charge in [0.25, 0.3) is 0 Å². The van der Waals surface area contributed by atoms with E-state index in [4.69, 9.17) is 4.74 Å². The number of carbonyl (C=O) groups is 2. The van der Waals surface area contributed by atoms with E-state index in [1.807, 2.05) is 0 Å². The molecule has 0 fully saturated rings. The second-order valence-corrected chi connectivity index (χ2v) is 16.2. The molecule has 0 saturated heterocycles. The summed E-state index contributed by atoms with van der Waals surface area (Å²) in [6.45, 7) is 6.42. The second kappa shape index (κ2) is 43.2. The Morgan fingerprint density at radius 1 is 0.527 bits per heavy atom. The predicted octanol–water partition coefficient (Wildman–Crippen LogP) is 13.7. The SMILES string of the molecule is CCCCC/C=C\CCCCCC(CC(=O)NC(CO)C(O)CCCCCCCCCCCC)OC(=O)CCCCC/C=C/C=C/CCCCCCCCC. The molecule has 0 aliphatic carbocycles. The van der Waals surface area contributed by atoms with Crippen molar-refractivity contribution in [3.05, 3.63) is 36.5 Å². The minimum absolute atomic E-state index is 0.0574. The number of ether oxygens (including phenoxy) is 1. The number of carbonyl (C=O) groups excluding carboxylic acids is 2. The van der Waals surface area contributed by atoms with Gasteiger partial charge in [0.15, 0.2) is 0 Å². The molecule has 0 aliphatic heterocycles. The summed E-state index contributed by atoms with van der Waals surface area (Å²) in [5, 5.41) is 23.6. The van der Waals surface area contributed by atoms with Gasteiger partial charge in [-0.15, -0.1) is 0 Å². The van der Waals surface area contributed by atoms with Gasteiger partial charge < -0.3 is 20.3 Å². The fourth-order valence-electron chi connectivity index (χ4n) is 7.06. The maximum Gasteiger partial charge on any atom is 0.306 e. The van der Waals surface area contributed by atoms with Gasteiger partial charge in [-0.25, -0.2) is 0 Å². The molecule has 55 heavy (non-hydrogen) atoms. The largest absolute Gasteiger partial charge is 0.462 e. The summed E-state index contributed by atoms with van der Waals surface area (Å²) in [6.07, 6.45) is 49.2. The maximum atomic E-state index is 13.1. The zero-order valence-electron chi connectivity index (χ0n) is 36.6. The number of nitrogens with one attached hydrogen (secondary N) is 1. The van der Waals surface area contributed by atoms with Gasteiger partial charge in [0.05, 0.1) is 25.2 Å². The summed E-state index contributed by atoms with van der Waals surface area (Å²) >= 11 is 0. The molecule has 0 heterocycles. The molecule has 0 aromatic heterocycles. The van der Waals surface area contributed by atoms with Crippen molar-refractivity contribution in [2.24, 2.45) is 0 Å². The fraction of sp³-hybridized carbons (Fsp3) is 0.837. The van der Waals surface area contributed by atoms with E-state index in [1.54, 1.807) is 0 Å². The van der Waals surface area contributed by atoms with Crippen molar-refractivity contribution in [2.45, 2.75) is 257 Å². The van der Waals surface area contributed by atoms with Crippen molar-refractivity contribution in [3.63, 3.8) is 0 Å². The van der Waals surface area contributed by atoms with Crippen molar-refractivity contribution in [2.75, 3.05) is 6.61 Å². The van der Waals surface area contributed by atoms with Crippen LogP contribution in [0.1, 0.15) is 239 Å². The number of unbranched alkanes of at least 4 members (excludes halogenated alkanes) is 25. The molecule has 3 atom stereocenters. The van der Waals surface area contributed by atoms with Crippen molar-refractivity contribution in [1.29, 1.82) is 0 Å². The van der Waals surface area contributed by atoms with E-state index in [0.717, 1.165) is 83.5 Å². The average Bonchev–Trinajstić information content (AvgIpc) is 3.18. The summed E-state index contributed by atoms with van der Waals surface area (Å²) in [5.74, 6) is -0.520. The predicted molar refractivity (Wildman–Crippen MR) is 236 cm³/mol. The first kappa shape index (κ1) is 53.1. The van der Waals surface area contributed by atoms with Crippen LogP contribution in [-0.4, -0.2) is 46.9 Å². The summed E-state index contributed by atoms with van der Waals surface area (Å²) in [5.41, 5.74) is 0. The molecule has 3 unspecified atom stereocenters. The molecule has 6 nitrogen and oxygen atoms in total. The third kappa shape index (κ3) is 38.7. The molecule has 1 amide bonds. The number of rotatable bonds is 42. The summed E-state index contributed by atoms with van der Waals surface area (Å²) in [4.78, 5) is 26.0. The molecule has 322 valence electrons. The lowest BCUT2D eigenvalue weighted by molar-refractivity contribution is -0.151. The van der Waals surface area contributed by atoms with Gasteiger partial charge >= 0.3 is 5.97 Å². The highest BCUT2D eigenvalue weighted by Gasteiger charge is 2.24. The molecule has 0 aromatic rings. The molecule has 0 aromatic carbocycles. The van der Waals surface area contributed by atoms with Gasteiger partial charge in [-0.2, -0.15) is 0 Å². The standard InChI is InChI=1S/C49H91NO5/c1-4-7-10-13-16-19-22-23-24-25-26-27-30-33-36-39-42-49(54)55-45(40-37-34-31-28-20-17-14-11-8-5-2)43-48(53)50-46(44-51)47(52)41-38-35-32-29-21-18-15-12-9-6-3/h17,20,24-27,45-47,51-52H,4-16,18-19,21-23,28-44H2,1-3H3,(H,50,53)/b20-17-,25-24+,27-26+. The van der Waals surface area contributed by atoms with E-state index in [-0.39, 0.29) is 24.9 Å². The lowest BCUT2D eigenvalue weighted by Gasteiger charge is -2.24. The Bertz CT molecular complexity index is 915. The third-order valence-corrected chi connectivity index (χ3v) is 10.7. The Labute approximate surface area is 341 Å². The number of esters is 1. The van der Waals surface area contributed by atoms with Gasteiger partial charge in [0.2, 0.25) is 5.91 Å². The lowest BCUT2D eigenvalue weighted by Crippen LogP contribution is -2.46. The van der Waals surface area contributed by atoms with E-state index in [1.165, 1.54) is 109 Å². The molecule has 0 aliphatic rings. The topological polar surface area (TPSA) is 95.9 Å². The van der Waals surface area contributed by atoms with Gasteiger partial charge in [-0.1, -0.05) is 186 Å². The summed E-state index contributed by atoms with van der Waals surface area (Å²) in [6, 6.07) is -0.707. The Balaban J connectivity index is 4.59. The Kier molecular flexibility index (Phi) is 41.7. The Hall–Kier alpha value is -1.92. The smallest absolute Gasteiger partial charge is 0.306 e. The number of hydrogen-bond donors (Lipinski definition) is 3. The normalized spacial score (nSPS) is 13.6. The van der Waals surface area contributed by atoms with E-state index in [0.29, 0.717) is 19.3 Å². The number of hydrogen-bond acceptors (Lipinski definition) is 5. The van der Waals surface area contributed by atoms with Crippen molar-refractivity contribution >= 4 is 11.9 Å². The van der Waals surface area contributed by atoms with Crippen LogP contribution in [0.15, 0.2) is 36.5 Å². The number of allylic oxidation sites excluding steroid dienone is 6. The molecule has 6 heteroatoms. The van der Waals surface area contributed by atoms with Crippen LogP contribution >= 0.6 is 0 Å². The number of amides is 1. The van der Waals surface area contributed by atoms with E-state index in [2.05, 4.69) is 62.5 Å². The zero-order chi connectivity index (χ0) is 40.3. The first-order valence-electron chi connectivity index (χ1n) is 23.7. The highest BCUT2D eigenvalue weighted by Crippen LogP contribution is 2.17. The van der Waals surface area contributed by atoms with E-state index in [9.17, 15) is 19.8 Å². The summed E-state index contributed by atoms with van der Waals surface area (Å²) < 4.78 is 5.88. The minimum atomic E-state index is -0.792. The van der Waals surface area contributed by atoms with Crippen LogP contribution in [-0.2, 0) is 14.3 Å². The second-order valence-electron chi connectivity index (χ2n) is 16.2. The third-order valence-electron chi connectivity index (χ3n) is 10.7. The quantitative estimate of drug-likeness (QED) is 0.0248. The highest BCUT2D eigenvalue weighted by molar-refractivity contribution is 5.77.